The molecule has 0 atom stereocenters. The van der Waals surface area contributed by atoms with Gasteiger partial charge >= 0.3 is 118 Å². The molecular formula is H3KNa2O8P2. The zero-order chi connectivity index (χ0) is 9.00. The average Bonchev–Trinajstić information content (AvgIpc) is 1.12. The molecule has 0 aliphatic heterocycles. The van der Waals surface area contributed by atoms with Gasteiger partial charge in [-0.1, -0.05) is 0 Å². The van der Waals surface area contributed by atoms with Crippen LogP contribution in [0, 0.1) is 0 Å². The van der Waals surface area contributed by atoms with Gasteiger partial charge in [0.1, 0.15) is 0 Å². The Bertz CT molecular complexity index is 132. The molecule has 64 valence electrons. The molecule has 0 aliphatic rings. The first-order valence-electron chi connectivity index (χ1n) is 1.51. The zero-order valence-electron chi connectivity index (χ0n) is 7.28. The standard InChI is InChI=1S/K.2Na.2H3O4P/c;;;2*1-5(2,3)4/h;;;2*(H3,1,2,3,4)/q3*+1;;/p-3. The van der Waals surface area contributed by atoms with Gasteiger partial charge < -0.3 is 33.9 Å². The summed E-state index contributed by atoms with van der Waals surface area (Å²) in [5.74, 6) is 0. The Kier molecular flexibility index (Phi) is 32.3. The summed E-state index contributed by atoms with van der Waals surface area (Å²) >= 11 is 0. The van der Waals surface area contributed by atoms with Gasteiger partial charge in [-0.15, -0.1) is 0 Å². The first-order valence-corrected chi connectivity index (χ1v) is 4.54. The molecule has 0 fully saturated rings. The smallest absolute Gasteiger partial charge is 0.822 e. The van der Waals surface area contributed by atoms with E-state index in [-0.39, 0.29) is 110 Å². The second-order valence-corrected chi connectivity index (χ2v) is 2.88. The Balaban J connectivity index is -0.0000000267. The molecule has 0 rings (SSSR count). The summed E-state index contributed by atoms with van der Waals surface area (Å²) < 4.78 is 17.4. The van der Waals surface area contributed by atoms with E-state index >= 15 is 0 Å². The van der Waals surface area contributed by atoms with Crippen LogP contribution in [0.15, 0.2) is 0 Å². The Hall–Kier alpha value is 3.86. The monoisotopic (exact) mass is 278 g/mol. The molecule has 13 heteroatoms. The van der Waals surface area contributed by atoms with E-state index in [2.05, 4.69) is 0 Å². The normalized spacial score (nSPS) is 9.08. The first kappa shape index (κ1) is 30.1. The largest absolute Gasteiger partial charge is 1.00 e. The Labute approximate surface area is 161 Å². The molecule has 0 aliphatic carbocycles. The minimum absolute atomic E-state index is 0. The molecule has 0 unspecified atom stereocenters. The Morgan fingerprint density at radius 1 is 0.846 bits per heavy atom. The van der Waals surface area contributed by atoms with Gasteiger partial charge in [0.05, 0.1) is 0 Å². The van der Waals surface area contributed by atoms with Crippen LogP contribution in [0.1, 0.15) is 0 Å². The van der Waals surface area contributed by atoms with Crippen LogP contribution in [0.5, 0.6) is 0 Å². The van der Waals surface area contributed by atoms with Crippen LogP contribution >= 0.6 is 15.6 Å². The van der Waals surface area contributed by atoms with Crippen molar-refractivity contribution in [2.75, 3.05) is 0 Å². The van der Waals surface area contributed by atoms with Crippen LogP contribution in [0.4, 0.5) is 0 Å². The van der Waals surface area contributed by atoms with Crippen molar-refractivity contribution in [2.24, 2.45) is 0 Å². The van der Waals surface area contributed by atoms with E-state index < -0.39 is 15.6 Å². The summed E-state index contributed by atoms with van der Waals surface area (Å²) in [5, 5.41) is 0. The maximum Gasteiger partial charge on any atom is 1.00 e. The topological polar surface area (TPSA) is 164 Å². The van der Waals surface area contributed by atoms with E-state index in [1.807, 2.05) is 0 Å². The molecule has 0 bridgehead atoms. The molecule has 0 aromatic carbocycles. The van der Waals surface area contributed by atoms with Crippen LogP contribution in [0.2, 0.25) is 0 Å². The molecule has 0 saturated carbocycles. The third-order valence-electron chi connectivity index (χ3n) is 0. The van der Waals surface area contributed by atoms with Crippen molar-refractivity contribution >= 4 is 15.6 Å². The first-order chi connectivity index (χ1) is 4.00. The summed E-state index contributed by atoms with van der Waals surface area (Å²) in [5.41, 5.74) is 0. The van der Waals surface area contributed by atoms with E-state index in [0.29, 0.717) is 0 Å². The fourth-order valence-electron chi connectivity index (χ4n) is 0. The van der Waals surface area contributed by atoms with E-state index in [0.717, 1.165) is 0 Å². The van der Waals surface area contributed by atoms with Crippen molar-refractivity contribution in [3.63, 3.8) is 0 Å². The van der Waals surface area contributed by atoms with Crippen molar-refractivity contribution < 1.29 is 149 Å². The maximum atomic E-state index is 8.88. The van der Waals surface area contributed by atoms with Gasteiger partial charge in [-0.05, 0) is 0 Å². The molecule has 0 saturated heterocycles. The van der Waals surface area contributed by atoms with Gasteiger partial charge in [0.2, 0.25) is 0 Å². The molecule has 8 nitrogen and oxygen atoms in total. The van der Waals surface area contributed by atoms with Gasteiger partial charge in [0.15, 0.2) is 0 Å². The fourth-order valence-corrected chi connectivity index (χ4v) is 0. The molecule has 0 heterocycles. The average molecular weight is 278 g/mol. The van der Waals surface area contributed by atoms with Crippen LogP contribution in [-0.4, -0.2) is 14.7 Å². The molecule has 0 spiro atoms. The minimum atomic E-state index is -5.39. The molecule has 3 N–H and O–H groups in total. The molecular weight excluding hydrogens is 275 g/mol. The van der Waals surface area contributed by atoms with Gasteiger partial charge in [0.25, 0.3) is 0 Å². The van der Waals surface area contributed by atoms with E-state index in [1.54, 1.807) is 0 Å². The predicted molar refractivity (Wildman–Crippen MR) is 21.9 cm³/mol. The van der Waals surface area contributed by atoms with E-state index in [9.17, 15) is 0 Å². The molecule has 0 aromatic heterocycles. The van der Waals surface area contributed by atoms with Gasteiger partial charge in [-0.3, -0.25) is 0 Å². The Morgan fingerprint density at radius 3 is 0.846 bits per heavy atom. The second kappa shape index (κ2) is 13.9. The zero-order valence-corrected chi connectivity index (χ0v) is 16.2. The van der Waals surface area contributed by atoms with Crippen LogP contribution in [0.3, 0.4) is 0 Å². The van der Waals surface area contributed by atoms with Crippen molar-refractivity contribution in [1.82, 2.24) is 0 Å². The third kappa shape index (κ3) is 205. The fraction of sp³-hybridized carbons (Fsp3) is 0. The summed E-state index contributed by atoms with van der Waals surface area (Å²) in [6.07, 6.45) is 0. The van der Waals surface area contributed by atoms with Gasteiger partial charge in [-0.25, -0.2) is 4.57 Å². The quantitative estimate of drug-likeness (QED) is 0.290. The number of rotatable bonds is 0. The summed E-state index contributed by atoms with van der Waals surface area (Å²) in [4.78, 5) is 47.2. The summed E-state index contributed by atoms with van der Waals surface area (Å²) in [6, 6.07) is 0. The van der Waals surface area contributed by atoms with E-state index in [4.69, 9.17) is 38.5 Å². The minimum Gasteiger partial charge on any atom is -0.822 e. The van der Waals surface area contributed by atoms with Crippen molar-refractivity contribution in [3.8, 4) is 0 Å². The molecule has 13 heavy (non-hydrogen) atoms. The summed E-state index contributed by atoms with van der Waals surface area (Å²) in [6.45, 7) is 0. The molecule has 0 amide bonds. The van der Waals surface area contributed by atoms with Crippen molar-refractivity contribution in [3.05, 3.63) is 0 Å². The maximum absolute atomic E-state index is 8.88. The van der Waals surface area contributed by atoms with Crippen molar-refractivity contribution in [1.29, 1.82) is 0 Å². The molecule has 0 aromatic rings. The summed E-state index contributed by atoms with van der Waals surface area (Å²) in [7, 11) is -10.0. The number of hydrogen-bond donors (Lipinski definition) is 3. The predicted octanol–water partition coefficient (Wildman–Crippen LogP) is -12.7. The van der Waals surface area contributed by atoms with Crippen LogP contribution in [-0.2, 0) is 9.13 Å². The SMILES string of the molecule is O=P(O)(O)O.O=P([O-])([O-])[O-].[K+].[Na+].[Na+]. The van der Waals surface area contributed by atoms with Crippen LogP contribution in [0.25, 0.3) is 0 Å². The van der Waals surface area contributed by atoms with E-state index in [1.165, 1.54) is 0 Å². The Morgan fingerprint density at radius 2 is 0.846 bits per heavy atom. The van der Waals surface area contributed by atoms with Gasteiger partial charge in [-0.2, -0.15) is 7.82 Å². The number of phosphoric acid groups is 2. The molecule has 0 radical (unpaired) electrons. The van der Waals surface area contributed by atoms with Crippen LogP contribution < -0.4 is 125 Å². The van der Waals surface area contributed by atoms with Gasteiger partial charge in [0, 0.05) is 0 Å². The van der Waals surface area contributed by atoms with Crippen molar-refractivity contribution in [2.45, 2.75) is 0 Å². The third-order valence-corrected chi connectivity index (χ3v) is 0. The second-order valence-electron chi connectivity index (χ2n) is 0.960. The number of hydrogen-bond acceptors (Lipinski definition) is 5.